The Morgan fingerprint density at radius 3 is 2.00 bits per heavy atom. The van der Waals surface area contributed by atoms with Gasteiger partial charge in [0.25, 0.3) is 0 Å². The first-order valence-corrected chi connectivity index (χ1v) is 4.29. The number of hydrogen-bond acceptors (Lipinski definition) is 5. The van der Waals surface area contributed by atoms with Crippen LogP contribution in [0.1, 0.15) is 20.7 Å². The fraction of sp³-hybridized carbons (Fsp3) is 0. The molecule has 0 saturated carbocycles. The number of carboxylic acids is 1. The number of benzene rings is 1. The third-order valence-electron chi connectivity index (χ3n) is 1.69. The van der Waals surface area contributed by atoms with E-state index in [9.17, 15) is 19.8 Å². The molecule has 0 bridgehead atoms. The van der Waals surface area contributed by atoms with E-state index in [1.54, 1.807) is 0 Å². The zero-order valence-electron chi connectivity index (χ0n) is 7.22. The van der Waals surface area contributed by atoms with E-state index >= 15 is 0 Å². The Balaban J connectivity index is 0.00000225. The maximum absolute atomic E-state index is 11.0. The molecule has 1 aromatic rings. The van der Waals surface area contributed by atoms with E-state index in [4.69, 9.17) is 5.11 Å². The summed E-state index contributed by atoms with van der Waals surface area (Å²) in [5.41, 5.74) is -0.778. The summed E-state index contributed by atoms with van der Waals surface area (Å²) in [6.45, 7) is 0. The van der Waals surface area contributed by atoms with Crippen LogP contribution in [0.5, 0.6) is 11.5 Å². The molecule has 0 saturated heterocycles. The Bertz CT molecular complexity index is 433. The van der Waals surface area contributed by atoms with Crippen LogP contribution in [-0.4, -0.2) is 56.8 Å². The number of phenolic OH excluding ortho intramolecular Hbond substituents is 1. The molecule has 0 aliphatic carbocycles. The van der Waals surface area contributed by atoms with Crippen LogP contribution in [0.25, 0.3) is 0 Å². The molecule has 6 nitrogen and oxygen atoms in total. The Hall–Kier alpha value is -0.526. The average Bonchev–Trinajstić information content (AvgIpc) is 2.20. The van der Waals surface area contributed by atoms with Crippen molar-refractivity contribution in [3.8, 4) is 11.5 Å². The van der Waals surface area contributed by atoms with Crippen LogP contribution < -0.4 is 0 Å². The third-order valence-corrected chi connectivity index (χ3v) is 1.98. The van der Waals surface area contributed by atoms with Gasteiger partial charge in [-0.05, 0) is 0 Å². The molecule has 0 unspecified atom stereocenters. The van der Waals surface area contributed by atoms with E-state index in [-0.39, 0.29) is 35.1 Å². The van der Waals surface area contributed by atoms with Gasteiger partial charge in [-0.1, -0.05) is 0 Å². The van der Waals surface area contributed by atoms with Crippen LogP contribution in [0.3, 0.4) is 0 Å². The zero-order valence-corrected chi connectivity index (χ0v) is 8.78. The first-order valence-electron chi connectivity index (χ1n) is 3.65. The van der Waals surface area contributed by atoms with E-state index in [0.717, 1.165) is 33.0 Å². The molecular formula is C8H6NaO6Ti. The molecule has 0 amide bonds. The van der Waals surface area contributed by atoms with Gasteiger partial charge >= 0.3 is 125 Å². The minimum atomic E-state index is -1.40. The van der Waals surface area contributed by atoms with Gasteiger partial charge in [0.15, 0.2) is 0 Å². The molecule has 0 heterocycles. The molecule has 0 radical (unpaired) electrons. The number of carbonyl (C=O) groups is 2. The summed E-state index contributed by atoms with van der Waals surface area (Å²) in [5.74, 6) is -3.92. The molecule has 3 N–H and O–H groups in total. The van der Waals surface area contributed by atoms with Crippen molar-refractivity contribution in [1.82, 2.24) is 0 Å². The zero-order chi connectivity index (χ0) is 11.6. The number of hydrogen-bond donors (Lipinski definition) is 3. The van der Waals surface area contributed by atoms with Crippen molar-refractivity contribution in [3.63, 3.8) is 0 Å². The molecule has 0 spiro atoms. The van der Waals surface area contributed by atoms with Crippen LogP contribution in [0.4, 0.5) is 0 Å². The quantitative estimate of drug-likeness (QED) is 0.506. The number of carboxylic acid groups (broad SMARTS) is 1. The summed E-state index contributed by atoms with van der Waals surface area (Å²) < 4.78 is 4.31. The van der Waals surface area contributed by atoms with Crippen molar-refractivity contribution in [3.05, 3.63) is 23.3 Å². The van der Waals surface area contributed by atoms with Crippen molar-refractivity contribution in [1.29, 1.82) is 0 Å². The standard InChI is InChI=1S/C8H6O6.Na.Ti.H/c9-5-3(7(11)12)1-2-4(6(5)10)8(13)14;;;/h1-2,9-10H,(H,11,12)(H,13,14);;;/q;;+1;/p-1. The summed E-state index contributed by atoms with van der Waals surface area (Å²) in [6.07, 6.45) is 0. The number of rotatable bonds is 2. The Morgan fingerprint density at radius 2 is 1.56 bits per heavy atom. The van der Waals surface area contributed by atoms with Gasteiger partial charge < -0.3 is 0 Å². The Morgan fingerprint density at radius 1 is 1.12 bits per heavy atom. The number of aromatic carboxylic acids is 1. The van der Waals surface area contributed by atoms with Crippen LogP contribution in [0.15, 0.2) is 12.1 Å². The SMILES string of the molecule is O=C(O)c1ccc(C(=O)[O][Ti])c(O)c1O.[NaH]. The summed E-state index contributed by atoms with van der Waals surface area (Å²) in [4.78, 5) is 21.6. The topological polar surface area (TPSA) is 104 Å². The molecule has 16 heavy (non-hydrogen) atoms. The number of phenols is 2. The molecule has 79 valence electrons. The van der Waals surface area contributed by atoms with Crippen molar-refractivity contribution >= 4 is 41.5 Å². The predicted octanol–water partition coefficient (Wildman–Crippen LogP) is -0.234. The van der Waals surface area contributed by atoms with Gasteiger partial charge in [-0.2, -0.15) is 0 Å². The van der Waals surface area contributed by atoms with E-state index < -0.39 is 29.0 Å². The second kappa shape index (κ2) is 6.27. The normalized spacial score (nSPS) is 8.94. The molecule has 8 heteroatoms. The summed E-state index contributed by atoms with van der Waals surface area (Å²) in [6, 6.07) is 2.06. The molecule has 0 aromatic heterocycles. The third kappa shape index (κ3) is 2.99. The molecule has 0 atom stereocenters. The van der Waals surface area contributed by atoms with Crippen LogP contribution in [0, 0.1) is 0 Å². The van der Waals surface area contributed by atoms with Crippen LogP contribution in [-0.2, 0) is 24.1 Å². The molecule has 1 aromatic carbocycles. The fourth-order valence-electron chi connectivity index (χ4n) is 0.972. The van der Waals surface area contributed by atoms with Crippen molar-refractivity contribution in [2.45, 2.75) is 0 Å². The number of carbonyl (C=O) groups excluding carboxylic acids is 1. The van der Waals surface area contributed by atoms with Crippen molar-refractivity contribution < 1.29 is 49.1 Å². The van der Waals surface area contributed by atoms with Crippen molar-refractivity contribution in [2.75, 3.05) is 0 Å². The molecule has 1 rings (SSSR count). The molecule has 0 aliphatic rings. The van der Waals surface area contributed by atoms with Crippen LogP contribution in [0.2, 0.25) is 0 Å². The first-order chi connectivity index (χ1) is 6.99. The van der Waals surface area contributed by atoms with Gasteiger partial charge in [0, 0.05) is 0 Å². The summed E-state index contributed by atoms with van der Waals surface area (Å²) in [5, 5.41) is 27.2. The minimum absolute atomic E-state index is 0. The second-order valence-electron chi connectivity index (χ2n) is 2.55. The summed E-state index contributed by atoms with van der Waals surface area (Å²) in [7, 11) is 0. The maximum atomic E-state index is 11.0. The summed E-state index contributed by atoms with van der Waals surface area (Å²) >= 11 is 1.10. The van der Waals surface area contributed by atoms with Gasteiger partial charge in [-0.3, -0.25) is 0 Å². The first kappa shape index (κ1) is 15.5. The second-order valence-corrected chi connectivity index (χ2v) is 2.87. The Kier molecular flexibility index (Phi) is 6.06. The van der Waals surface area contributed by atoms with E-state index in [1.807, 2.05) is 0 Å². The Labute approximate surface area is 124 Å². The predicted molar refractivity (Wildman–Crippen MR) is 49.3 cm³/mol. The van der Waals surface area contributed by atoms with Crippen molar-refractivity contribution in [2.24, 2.45) is 0 Å². The van der Waals surface area contributed by atoms with E-state index in [1.165, 1.54) is 0 Å². The van der Waals surface area contributed by atoms with Gasteiger partial charge in [0.1, 0.15) is 0 Å². The van der Waals surface area contributed by atoms with Gasteiger partial charge in [0.2, 0.25) is 0 Å². The van der Waals surface area contributed by atoms with Gasteiger partial charge in [-0.25, -0.2) is 0 Å². The molecular weight excluding hydrogens is 263 g/mol. The average molecular weight is 269 g/mol. The van der Waals surface area contributed by atoms with Crippen LogP contribution >= 0.6 is 0 Å². The molecule has 0 fully saturated rings. The van der Waals surface area contributed by atoms with Gasteiger partial charge in [0.05, 0.1) is 0 Å². The fourth-order valence-corrected chi connectivity index (χ4v) is 1.14. The van der Waals surface area contributed by atoms with E-state index in [2.05, 4.69) is 3.32 Å². The number of aromatic hydroxyl groups is 2. The van der Waals surface area contributed by atoms with E-state index in [0.29, 0.717) is 0 Å². The molecule has 0 aliphatic heterocycles. The monoisotopic (exact) mass is 269 g/mol. The van der Waals surface area contributed by atoms with Gasteiger partial charge in [-0.15, -0.1) is 0 Å².